The highest BCUT2D eigenvalue weighted by Gasteiger charge is 2.17. The summed E-state index contributed by atoms with van der Waals surface area (Å²) in [6, 6.07) is 6.46. The van der Waals surface area contributed by atoms with Gasteiger partial charge < -0.3 is 15.5 Å². The topological polar surface area (TPSA) is 81.2 Å². The highest BCUT2D eigenvalue weighted by atomic mass is 35.5. The molecule has 0 radical (unpaired) electrons. The number of carbonyl (C=O) groups is 1. The van der Waals surface area contributed by atoms with Gasteiger partial charge in [-0.15, -0.1) is 0 Å². The lowest BCUT2D eigenvalue weighted by molar-refractivity contribution is 0.0930. The summed E-state index contributed by atoms with van der Waals surface area (Å²) in [5, 5.41) is 3.02. The van der Waals surface area contributed by atoms with E-state index in [0.717, 1.165) is 5.76 Å². The number of anilines is 1. The summed E-state index contributed by atoms with van der Waals surface area (Å²) in [4.78, 5) is 16.0. The molecule has 0 bridgehead atoms. The van der Waals surface area contributed by atoms with Gasteiger partial charge in [-0.3, -0.25) is 4.79 Å². The summed E-state index contributed by atoms with van der Waals surface area (Å²) >= 11 is 5.92. The minimum absolute atomic E-state index is 0.108. The number of aromatic nitrogens is 1. The van der Waals surface area contributed by atoms with Gasteiger partial charge in [0.1, 0.15) is 23.0 Å². The largest absolute Gasteiger partial charge is 0.464 e. The molecule has 0 aliphatic heterocycles. The first kappa shape index (κ1) is 13.4. The third-order valence-electron chi connectivity index (χ3n) is 2.62. The molecule has 0 aliphatic carbocycles. The smallest absolute Gasteiger partial charge is 0.272 e. The Balaban J connectivity index is 2.15. The summed E-state index contributed by atoms with van der Waals surface area (Å²) in [6.07, 6.45) is 0. The summed E-state index contributed by atoms with van der Waals surface area (Å²) in [6.45, 7) is 3.66. The number of nitrogens with two attached hydrogens (primary N) is 1. The average molecular weight is 280 g/mol. The number of hydrogen-bond acceptors (Lipinski definition) is 4. The molecule has 5 nitrogen and oxygen atoms in total. The summed E-state index contributed by atoms with van der Waals surface area (Å²) in [5.74, 6) is 1.32. The van der Waals surface area contributed by atoms with Crippen LogP contribution in [-0.2, 0) is 0 Å². The number of nitrogens with one attached hydrogen (secondary N) is 1. The third kappa shape index (κ3) is 3.06. The van der Waals surface area contributed by atoms with Crippen LogP contribution in [0.3, 0.4) is 0 Å². The molecule has 2 aromatic rings. The lowest BCUT2D eigenvalue weighted by atomic mass is 10.2. The van der Waals surface area contributed by atoms with Crippen LogP contribution in [0.2, 0.25) is 5.02 Å². The zero-order valence-electron chi connectivity index (χ0n) is 10.6. The first-order valence-corrected chi connectivity index (χ1v) is 6.14. The second-order valence-electron chi connectivity index (χ2n) is 4.21. The number of amides is 1. The molecule has 0 aliphatic rings. The minimum atomic E-state index is -0.390. The predicted octanol–water partition coefficient (Wildman–Crippen LogP) is 2.71. The number of aryl methyl sites for hydroxylation is 1. The molecular weight excluding hydrogens is 266 g/mol. The molecule has 1 atom stereocenters. The summed E-state index contributed by atoms with van der Waals surface area (Å²) in [5.41, 5.74) is 5.65. The quantitative estimate of drug-likeness (QED) is 0.905. The second kappa shape index (κ2) is 5.32. The Morgan fingerprint density at radius 2 is 2.16 bits per heavy atom. The van der Waals surface area contributed by atoms with Gasteiger partial charge in [0.05, 0.1) is 11.1 Å². The van der Waals surface area contributed by atoms with Gasteiger partial charge >= 0.3 is 0 Å². The number of carbonyl (C=O) groups excluding carboxylic acids is 1. The van der Waals surface area contributed by atoms with Crippen LogP contribution < -0.4 is 11.1 Å². The predicted molar refractivity (Wildman–Crippen MR) is 73.0 cm³/mol. The number of rotatable bonds is 3. The van der Waals surface area contributed by atoms with Crippen LogP contribution in [0.15, 0.2) is 28.7 Å². The first-order valence-electron chi connectivity index (χ1n) is 5.76. The van der Waals surface area contributed by atoms with Gasteiger partial charge in [0.2, 0.25) is 0 Å². The van der Waals surface area contributed by atoms with Crippen LogP contribution in [0.1, 0.15) is 35.0 Å². The third-order valence-corrected chi connectivity index (χ3v) is 2.92. The average Bonchev–Trinajstić information content (AvgIpc) is 2.79. The molecule has 3 N–H and O–H groups in total. The van der Waals surface area contributed by atoms with Crippen molar-refractivity contribution in [1.82, 2.24) is 10.3 Å². The van der Waals surface area contributed by atoms with E-state index in [-0.39, 0.29) is 28.5 Å². The van der Waals surface area contributed by atoms with E-state index < -0.39 is 0 Å². The van der Waals surface area contributed by atoms with Crippen molar-refractivity contribution >= 4 is 23.3 Å². The summed E-state index contributed by atoms with van der Waals surface area (Å²) < 4.78 is 5.44. The van der Waals surface area contributed by atoms with Gasteiger partial charge in [0, 0.05) is 0 Å². The molecule has 2 heterocycles. The molecule has 19 heavy (non-hydrogen) atoms. The van der Waals surface area contributed by atoms with E-state index in [1.807, 2.05) is 26.0 Å². The van der Waals surface area contributed by atoms with Gasteiger partial charge in [-0.25, -0.2) is 4.98 Å². The zero-order chi connectivity index (χ0) is 14.0. The minimum Gasteiger partial charge on any atom is -0.464 e. The molecule has 0 aromatic carbocycles. The maximum absolute atomic E-state index is 12.1. The Labute approximate surface area is 115 Å². The van der Waals surface area contributed by atoms with E-state index in [1.165, 1.54) is 0 Å². The number of nitrogens with zero attached hydrogens (tertiary/aromatic N) is 1. The van der Waals surface area contributed by atoms with E-state index >= 15 is 0 Å². The normalized spacial score (nSPS) is 12.2. The number of hydrogen-bond donors (Lipinski definition) is 2. The van der Waals surface area contributed by atoms with Gasteiger partial charge in [-0.2, -0.15) is 0 Å². The fraction of sp³-hybridized carbons (Fsp3) is 0.231. The Morgan fingerprint density at radius 3 is 2.79 bits per heavy atom. The van der Waals surface area contributed by atoms with Crippen LogP contribution in [0.4, 0.5) is 5.82 Å². The Morgan fingerprint density at radius 1 is 1.42 bits per heavy atom. The van der Waals surface area contributed by atoms with Crippen LogP contribution >= 0.6 is 11.6 Å². The maximum atomic E-state index is 12.1. The Kier molecular flexibility index (Phi) is 3.76. The van der Waals surface area contributed by atoms with Gasteiger partial charge in [-0.05, 0) is 38.1 Å². The molecule has 0 saturated heterocycles. The summed E-state index contributed by atoms with van der Waals surface area (Å²) in [7, 11) is 0. The van der Waals surface area contributed by atoms with Crippen molar-refractivity contribution in [3.8, 4) is 0 Å². The zero-order valence-corrected chi connectivity index (χ0v) is 11.4. The molecule has 0 saturated carbocycles. The van der Waals surface area contributed by atoms with Crippen molar-refractivity contribution < 1.29 is 9.21 Å². The standard InChI is InChI=1S/C13H14ClN3O2/c1-7-3-5-10(19-7)8(2)16-13(18)12-9(14)4-6-11(15)17-12/h3-6,8H,1-2H3,(H2,15,17)(H,16,18). The second-order valence-corrected chi connectivity index (χ2v) is 4.62. The highest BCUT2D eigenvalue weighted by Crippen LogP contribution is 2.19. The van der Waals surface area contributed by atoms with Gasteiger partial charge in [-0.1, -0.05) is 11.6 Å². The van der Waals surface area contributed by atoms with Gasteiger partial charge in [0.25, 0.3) is 5.91 Å². The Hall–Kier alpha value is -2.01. The number of furan rings is 1. The molecule has 1 unspecified atom stereocenters. The highest BCUT2D eigenvalue weighted by molar-refractivity contribution is 6.33. The molecule has 2 rings (SSSR count). The molecular formula is C13H14ClN3O2. The van der Waals surface area contributed by atoms with E-state index in [2.05, 4.69) is 10.3 Å². The van der Waals surface area contributed by atoms with Crippen molar-refractivity contribution in [2.75, 3.05) is 5.73 Å². The van der Waals surface area contributed by atoms with Crippen LogP contribution in [-0.4, -0.2) is 10.9 Å². The Bertz CT molecular complexity index is 610. The molecule has 100 valence electrons. The van der Waals surface area contributed by atoms with Crippen molar-refractivity contribution in [2.45, 2.75) is 19.9 Å². The maximum Gasteiger partial charge on any atom is 0.272 e. The lowest BCUT2D eigenvalue weighted by Crippen LogP contribution is -2.27. The van der Waals surface area contributed by atoms with Crippen LogP contribution in [0.5, 0.6) is 0 Å². The molecule has 2 aromatic heterocycles. The van der Waals surface area contributed by atoms with Crippen molar-refractivity contribution in [3.63, 3.8) is 0 Å². The molecule has 6 heteroatoms. The van der Waals surface area contributed by atoms with E-state index in [9.17, 15) is 4.79 Å². The van der Waals surface area contributed by atoms with E-state index in [4.69, 9.17) is 21.8 Å². The van der Waals surface area contributed by atoms with Gasteiger partial charge in [0.15, 0.2) is 0 Å². The van der Waals surface area contributed by atoms with E-state index in [0.29, 0.717) is 5.76 Å². The molecule has 0 fully saturated rings. The monoisotopic (exact) mass is 279 g/mol. The number of nitrogen functional groups attached to an aromatic ring is 1. The first-order chi connectivity index (χ1) is 8.97. The van der Waals surface area contributed by atoms with E-state index in [1.54, 1.807) is 12.1 Å². The van der Waals surface area contributed by atoms with Crippen LogP contribution in [0.25, 0.3) is 0 Å². The van der Waals surface area contributed by atoms with Crippen molar-refractivity contribution in [2.24, 2.45) is 0 Å². The van der Waals surface area contributed by atoms with Crippen molar-refractivity contribution in [1.29, 1.82) is 0 Å². The fourth-order valence-electron chi connectivity index (χ4n) is 1.64. The number of halogens is 1. The molecule has 1 amide bonds. The lowest BCUT2D eigenvalue weighted by Gasteiger charge is -2.12. The SMILES string of the molecule is Cc1ccc(C(C)NC(=O)c2nc(N)ccc2Cl)o1. The van der Waals surface area contributed by atoms with Crippen molar-refractivity contribution in [3.05, 3.63) is 46.5 Å². The molecule has 0 spiro atoms. The number of pyridine rings is 1. The fourth-order valence-corrected chi connectivity index (χ4v) is 1.83. The van der Waals surface area contributed by atoms with Crippen LogP contribution in [0, 0.1) is 6.92 Å².